The van der Waals surface area contributed by atoms with Gasteiger partial charge < -0.3 is 5.21 Å². The zero-order chi connectivity index (χ0) is 11.6. The Kier molecular flexibility index (Phi) is 3.59. The SMILES string of the molecule is CN(O)Cc1cc(C(F)(F)F)ccc1Cl. The standard InChI is InChI=1S/C9H9ClF3NO/c1-14(15)5-6-4-7(9(11,12)13)2-3-8(6)10/h2-4,15H,5H2,1H3. The molecule has 0 unspecified atom stereocenters. The lowest BCUT2D eigenvalue weighted by molar-refractivity contribution is -0.137. The number of rotatable bonds is 2. The highest BCUT2D eigenvalue weighted by Gasteiger charge is 2.30. The molecule has 15 heavy (non-hydrogen) atoms. The Balaban J connectivity index is 3.06. The Morgan fingerprint density at radius 2 is 2.00 bits per heavy atom. The molecule has 0 saturated heterocycles. The highest BCUT2D eigenvalue weighted by atomic mass is 35.5. The van der Waals surface area contributed by atoms with Gasteiger partial charge >= 0.3 is 6.18 Å². The van der Waals surface area contributed by atoms with E-state index in [2.05, 4.69) is 0 Å². The zero-order valence-corrected chi connectivity index (χ0v) is 8.60. The minimum atomic E-state index is -4.40. The molecule has 1 aromatic rings. The van der Waals surface area contributed by atoms with Crippen LogP contribution in [0.15, 0.2) is 18.2 Å². The van der Waals surface area contributed by atoms with Gasteiger partial charge in [-0.25, -0.2) is 0 Å². The first-order valence-corrected chi connectivity index (χ1v) is 4.44. The number of nitrogens with zero attached hydrogens (tertiary/aromatic N) is 1. The summed E-state index contributed by atoms with van der Waals surface area (Å²) in [6.07, 6.45) is -4.40. The quantitative estimate of drug-likeness (QED) is 0.802. The van der Waals surface area contributed by atoms with E-state index in [0.717, 1.165) is 17.2 Å². The van der Waals surface area contributed by atoms with Crippen LogP contribution in [-0.2, 0) is 12.7 Å². The van der Waals surface area contributed by atoms with Gasteiger partial charge in [0.15, 0.2) is 0 Å². The first-order valence-electron chi connectivity index (χ1n) is 4.06. The van der Waals surface area contributed by atoms with Gasteiger partial charge in [0.25, 0.3) is 0 Å². The molecule has 0 atom stereocenters. The van der Waals surface area contributed by atoms with E-state index in [1.54, 1.807) is 0 Å². The predicted octanol–water partition coefficient (Wildman–Crippen LogP) is 3.18. The lowest BCUT2D eigenvalue weighted by Crippen LogP contribution is -2.13. The van der Waals surface area contributed by atoms with E-state index in [1.807, 2.05) is 0 Å². The predicted molar refractivity (Wildman–Crippen MR) is 49.7 cm³/mol. The second-order valence-electron chi connectivity index (χ2n) is 3.12. The van der Waals surface area contributed by atoms with E-state index in [9.17, 15) is 13.2 Å². The Labute approximate surface area is 89.8 Å². The summed E-state index contributed by atoms with van der Waals surface area (Å²) >= 11 is 5.69. The van der Waals surface area contributed by atoms with Gasteiger partial charge in [-0.05, 0) is 23.8 Å². The van der Waals surface area contributed by atoms with Crippen LogP contribution >= 0.6 is 11.6 Å². The van der Waals surface area contributed by atoms with E-state index >= 15 is 0 Å². The lowest BCUT2D eigenvalue weighted by atomic mass is 10.1. The molecule has 0 aliphatic rings. The highest BCUT2D eigenvalue weighted by Crippen LogP contribution is 2.31. The number of hydroxylamine groups is 2. The lowest BCUT2D eigenvalue weighted by Gasteiger charge is -2.12. The van der Waals surface area contributed by atoms with Gasteiger partial charge in [0.05, 0.1) is 5.56 Å². The summed E-state index contributed by atoms with van der Waals surface area (Å²) in [5.74, 6) is 0. The highest BCUT2D eigenvalue weighted by molar-refractivity contribution is 6.31. The molecule has 0 radical (unpaired) electrons. The summed E-state index contributed by atoms with van der Waals surface area (Å²) in [7, 11) is 1.33. The molecule has 0 saturated carbocycles. The maximum atomic E-state index is 12.3. The molecular weight excluding hydrogens is 231 g/mol. The first-order chi connectivity index (χ1) is 6.80. The molecule has 0 aromatic heterocycles. The fraction of sp³-hybridized carbons (Fsp3) is 0.333. The van der Waals surface area contributed by atoms with Crippen molar-refractivity contribution >= 4 is 11.6 Å². The van der Waals surface area contributed by atoms with Crippen molar-refractivity contribution in [3.05, 3.63) is 34.3 Å². The van der Waals surface area contributed by atoms with Crippen molar-refractivity contribution in [3.63, 3.8) is 0 Å². The second kappa shape index (κ2) is 4.38. The monoisotopic (exact) mass is 239 g/mol. The van der Waals surface area contributed by atoms with Gasteiger partial charge in [-0.1, -0.05) is 11.6 Å². The van der Waals surface area contributed by atoms with E-state index in [4.69, 9.17) is 16.8 Å². The largest absolute Gasteiger partial charge is 0.416 e. The number of hydrogen-bond acceptors (Lipinski definition) is 2. The molecule has 0 amide bonds. The minimum Gasteiger partial charge on any atom is -0.314 e. The second-order valence-corrected chi connectivity index (χ2v) is 3.53. The van der Waals surface area contributed by atoms with Crippen molar-refractivity contribution in [1.29, 1.82) is 0 Å². The smallest absolute Gasteiger partial charge is 0.314 e. The fourth-order valence-electron chi connectivity index (χ4n) is 1.12. The van der Waals surface area contributed by atoms with Crippen LogP contribution in [0.1, 0.15) is 11.1 Å². The van der Waals surface area contributed by atoms with Crippen molar-refractivity contribution in [1.82, 2.24) is 5.06 Å². The minimum absolute atomic E-state index is 0.0528. The molecule has 0 spiro atoms. The Hall–Kier alpha value is -0.780. The third-order valence-corrected chi connectivity index (χ3v) is 2.14. The van der Waals surface area contributed by atoms with E-state index in [0.29, 0.717) is 0 Å². The van der Waals surface area contributed by atoms with Crippen LogP contribution in [0.4, 0.5) is 13.2 Å². The topological polar surface area (TPSA) is 23.5 Å². The summed E-state index contributed by atoms with van der Waals surface area (Å²) in [5.41, 5.74) is -0.541. The van der Waals surface area contributed by atoms with Crippen molar-refractivity contribution in [2.75, 3.05) is 7.05 Å². The average molecular weight is 240 g/mol. The number of halogens is 4. The fourth-order valence-corrected chi connectivity index (χ4v) is 1.30. The Morgan fingerprint density at radius 3 is 2.47 bits per heavy atom. The normalized spacial score (nSPS) is 12.2. The molecular formula is C9H9ClF3NO. The van der Waals surface area contributed by atoms with Crippen LogP contribution in [0.25, 0.3) is 0 Å². The third-order valence-electron chi connectivity index (χ3n) is 1.77. The van der Waals surface area contributed by atoms with Crippen LogP contribution in [-0.4, -0.2) is 17.3 Å². The van der Waals surface area contributed by atoms with Crippen LogP contribution < -0.4 is 0 Å². The van der Waals surface area contributed by atoms with Crippen LogP contribution in [0.3, 0.4) is 0 Å². The summed E-state index contributed by atoms with van der Waals surface area (Å²) in [6.45, 7) is -0.0528. The summed E-state index contributed by atoms with van der Waals surface area (Å²) in [4.78, 5) is 0. The molecule has 84 valence electrons. The van der Waals surface area contributed by atoms with Crippen LogP contribution in [0.5, 0.6) is 0 Å². The van der Waals surface area contributed by atoms with Crippen LogP contribution in [0, 0.1) is 0 Å². The molecule has 0 heterocycles. The van der Waals surface area contributed by atoms with Gasteiger partial charge in [0.1, 0.15) is 0 Å². The molecule has 0 aliphatic carbocycles. The summed E-state index contributed by atoms with van der Waals surface area (Å²) in [5, 5.41) is 9.88. The van der Waals surface area contributed by atoms with Gasteiger partial charge in [-0.3, -0.25) is 0 Å². The van der Waals surface area contributed by atoms with Crippen molar-refractivity contribution in [3.8, 4) is 0 Å². The number of benzene rings is 1. The van der Waals surface area contributed by atoms with Crippen molar-refractivity contribution in [2.24, 2.45) is 0 Å². The van der Waals surface area contributed by atoms with Crippen molar-refractivity contribution in [2.45, 2.75) is 12.7 Å². The van der Waals surface area contributed by atoms with E-state index < -0.39 is 11.7 Å². The molecule has 1 rings (SSSR count). The molecule has 0 fully saturated rings. The Morgan fingerprint density at radius 1 is 1.40 bits per heavy atom. The first kappa shape index (κ1) is 12.3. The molecule has 6 heteroatoms. The summed E-state index contributed by atoms with van der Waals surface area (Å²) < 4.78 is 37.0. The maximum absolute atomic E-state index is 12.3. The summed E-state index contributed by atoms with van der Waals surface area (Å²) in [6, 6.07) is 3.00. The average Bonchev–Trinajstić information content (AvgIpc) is 2.06. The zero-order valence-electron chi connectivity index (χ0n) is 7.85. The molecule has 0 aliphatic heterocycles. The molecule has 1 aromatic carbocycles. The molecule has 1 N–H and O–H groups in total. The van der Waals surface area contributed by atoms with E-state index in [-0.39, 0.29) is 17.1 Å². The van der Waals surface area contributed by atoms with Gasteiger partial charge in [0.2, 0.25) is 0 Å². The number of alkyl halides is 3. The van der Waals surface area contributed by atoms with Crippen LogP contribution in [0.2, 0.25) is 5.02 Å². The van der Waals surface area contributed by atoms with E-state index in [1.165, 1.54) is 13.1 Å². The maximum Gasteiger partial charge on any atom is 0.416 e. The molecule has 0 bridgehead atoms. The Bertz CT molecular complexity index is 352. The van der Waals surface area contributed by atoms with Gasteiger partial charge in [-0.2, -0.15) is 18.2 Å². The third kappa shape index (κ3) is 3.37. The van der Waals surface area contributed by atoms with Crippen molar-refractivity contribution < 1.29 is 18.4 Å². The van der Waals surface area contributed by atoms with Gasteiger partial charge in [0, 0.05) is 18.6 Å². The van der Waals surface area contributed by atoms with Gasteiger partial charge in [-0.15, -0.1) is 0 Å². The number of hydrogen-bond donors (Lipinski definition) is 1. The molecule has 2 nitrogen and oxygen atoms in total.